The molecule has 0 aliphatic heterocycles. The van der Waals surface area contributed by atoms with Gasteiger partial charge in [-0.3, -0.25) is 10.5 Å². The summed E-state index contributed by atoms with van der Waals surface area (Å²) in [5.41, 5.74) is 4.85. The van der Waals surface area contributed by atoms with Gasteiger partial charge in [0, 0.05) is 6.04 Å². The number of nitrogens with zero attached hydrogens (tertiary/aromatic N) is 4. The fourth-order valence-corrected chi connectivity index (χ4v) is 3.49. The first-order valence-corrected chi connectivity index (χ1v) is 8.05. The Balaban J connectivity index is 2.53. The smallest absolute Gasteiger partial charge is 0.102 e. The maximum absolute atomic E-state index is 5.80. The second-order valence-corrected chi connectivity index (χ2v) is 6.83. The average Bonchev–Trinajstić information content (AvgIpc) is 2.99. The van der Waals surface area contributed by atoms with Crippen LogP contribution in [0.4, 0.5) is 0 Å². The second kappa shape index (κ2) is 6.30. The van der Waals surface area contributed by atoms with Gasteiger partial charge in [0.15, 0.2) is 0 Å². The quantitative estimate of drug-likeness (QED) is 0.634. The number of hydrogen-bond donors (Lipinski definition) is 2. The number of nitrogens with two attached hydrogens (primary N) is 1. The van der Waals surface area contributed by atoms with Crippen molar-refractivity contribution in [1.29, 1.82) is 0 Å². The number of halogens is 1. The van der Waals surface area contributed by atoms with Crippen molar-refractivity contribution in [2.75, 3.05) is 0 Å². The topological polar surface area (TPSA) is 81.7 Å². The fraction of sp³-hybridized carbons (Fsp3) is 0.583. The van der Waals surface area contributed by atoms with Crippen LogP contribution < -0.4 is 11.3 Å². The Kier molecular flexibility index (Phi) is 4.90. The highest BCUT2D eigenvalue weighted by atomic mass is 79.9. The Labute approximate surface area is 131 Å². The lowest BCUT2D eigenvalue weighted by Gasteiger charge is -2.20. The molecule has 2 rings (SSSR count). The molecule has 0 aliphatic rings. The van der Waals surface area contributed by atoms with E-state index in [-0.39, 0.29) is 12.1 Å². The third-order valence-corrected chi connectivity index (χ3v) is 4.48. The highest BCUT2D eigenvalue weighted by Crippen LogP contribution is 2.34. The van der Waals surface area contributed by atoms with E-state index < -0.39 is 0 Å². The predicted molar refractivity (Wildman–Crippen MR) is 83.5 cm³/mol. The molecule has 0 fully saturated rings. The molecular weight excluding hydrogens is 340 g/mol. The zero-order chi connectivity index (χ0) is 14.9. The molecule has 20 heavy (non-hydrogen) atoms. The van der Waals surface area contributed by atoms with Crippen LogP contribution in [-0.2, 0) is 0 Å². The van der Waals surface area contributed by atoms with E-state index >= 15 is 0 Å². The van der Waals surface area contributed by atoms with Gasteiger partial charge in [-0.15, -0.1) is 5.10 Å². The van der Waals surface area contributed by atoms with E-state index in [0.29, 0.717) is 5.92 Å². The lowest BCUT2D eigenvalue weighted by molar-refractivity contribution is 0.475. The summed E-state index contributed by atoms with van der Waals surface area (Å²) in [7, 11) is 0. The predicted octanol–water partition coefficient (Wildman–Crippen LogP) is 2.75. The first kappa shape index (κ1) is 15.6. The van der Waals surface area contributed by atoms with Crippen molar-refractivity contribution in [3.8, 4) is 0 Å². The van der Waals surface area contributed by atoms with Crippen molar-refractivity contribution in [3.63, 3.8) is 0 Å². The highest BCUT2D eigenvalue weighted by Gasteiger charge is 2.27. The van der Waals surface area contributed by atoms with Crippen molar-refractivity contribution in [2.24, 2.45) is 5.84 Å². The molecule has 2 aromatic rings. The van der Waals surface area contributed by atoms with Gasteiger partial charge in [-0.2, -0.15) is 5.10 Å². The third kappa shape index (κ3) is 2.78. The highest BCUT2D eigenvalue weighted by molar-refractivity contribution is 9.10. The molecule has 110 valence electrons. The molecule has 3 N–H and O–H groups in total. The summed E-state index contributed by atoms with van der Waals surface area (Å²) in [5, 5.41) is 8.63. The van der Waals surface area contributed by atoms with Gasteiger partial charge in [-0.1, -0.05) is 18.3 Å². The SMILES string of the molecule is CC(C)c1nnsc1C(NN)c1c(Br)cnn1C(C)C. The van der Waals surface area contributed by atoms with Gasteiger partial charge in [-0.25, -0.2) is 5.43 Å². The zero-order valence-electron chi connectivity index (χ0n) is 12.0. The van der Waals surface area contributed by atoms with Crippen LogP contribution >= 0.6 is 27.5 Å². The molecular formula is C12H19BrN6S. The minimum Gasteiger partial charge on any atom is -0.270 e. The van der Waals surface area contributed by atoms with Crippen molar-refractivity contribution in [3.05, 3.63) is 26.9 Å². The van der Waals surface area contributed by atoms with Crippen molar-refractivity contribution >= 4 is 27.5 Å². The van der Waals surface area contributed by atoms with Crippen LogP contribution in [-0.4, -0.2) is 19.4 Å². The van der Waals surface area contributed by atoms with Crippen LogP contribution in [0.2, 0.25) is 0 Å². The summed E-state index contributed by atoms with van der Waals surface area (Å²) < 4.78 is 6.96. The largest absolute Gasteiger partial charge is 0.270 e. The summed E-state index contributed by atoms with van der Waals surface area (Å²) in [6.45, 7) is 8.38. The van der Waals surface area contributed by atoms with Gasteiger partial charge in [0.1, 0.15) is 6.04 Å². The lowest BCUT2D eigenvalue weighted by Crippen LogP contribution is -2.31. The molecule has 0 saturated heterocycles. The van der Waals surface area contributed by atoms with E-state index in [2.05, 4.69) is 63.7 Å². The molecule has 0 saturated carbocycles. The summed E-state index contributed by atoms with van der Waals surface area (Å²) in [4.78, 5) is 1.03. The fourth-order valence-electron chi connectivity index (χ4n) is 2.12. The van der Waals surface area contributed by atoms with E-state index in [0.717, 1.165) is 20.7 Å². The minimum atomic E-state index is -0.174. The number of aromatic nitrogens is 4. The average molecular weight is 359 g/mol. The van der Waals surface area contributed by atoms with Crippen molar-refractivity contribution in [1.82, 2.24) is 24.8 Å². The molecule has 6 nitrogen and oxygen atoms in total. The molecule has 8 heteroatoms. The monoisotopic (exact) mass is 358 g/mol. The first-order valence-electron chi connectivity index (χ1n) is 6.48. The van der Waals surface area contributed by atoms with Crippen LogP contribution in [0.15, 0.2) is 10.7 Å². The van der Waals surface area contributed by atoms with E-state index in [9.17, 15) is 0 Å². The van der Waals surface area contributed by atoms with Crippen LogP contribution in [0.25, 0.3) is 0 Å². The molecule has 2 aromatic heterocycles. The molecule has 0 aromatic carbocycles. The van der Waals surface area contributed by atoms with E-state index in [1.807, 2.05) is 4.68 Å². The summed E-state index contributed by atoms with van der Waals surface area (Å²) >= 11 is 4.93. The molecule has 0 radical (unpaired) electrons. The Morgan fingerprint density at radius 3 is 2.60 bits per heavy atom. The van der Waals surface area contributed by atoms with Gasteiger partial charge in [0.25, 0.3) is 0 Å². The molecule has 0 spiro atoms. The second-order valence-electron chi connectivity index (χ2n) is 5.19. The van der Waals surface area contributed by atoms with Gasteiger partial charge in [0.2, 0.25) is 0 Å². The van der Waals surface area contributed by atoms with Gasteiger partial charge >= 0.3 is 0 Å². The standard InChI is InChI=1S/C12H19BrN6S/c1-6(2)9-12(20-18-17-9)10(16-14)11-8(13)5-15-19(11)7(3)4/h5-7,10,16H,14H2,1-4H3. The number of nitrogens with one attached hydrogen (secondary N) is 1. The van der Waals surface area contributed by atoms with Gasteiger partial charge < -0.3 is 0 Å². The number of hydrazine groups is 1. The van der Waals surface area contributed by atoms with Gasteiger partial charge in [-0.05, 0) is 47.2 Å². The Hall–Kier alpha value is -0.830. The maximum atomic E-state index is 5.80. The Morgan fingerprint density at radius 1 is 1.35 bits per heavy atom. The third-order valence-electron chi connectivity index (χ3n) is 3.07. The molecule has 1 unspecified atom stereocenters. The van der Waals surface area contributed by atoms with E-state index in [1.54, 1.807) is 6.20 Å². The molecule has 2 heterocycles. The maximum Gasteiger partial charge on any atom is 0.102 e. The van der Waals surface area contributed by atoms with E-state index in [4.69, 9.17) is 5.84 Å². The minimum absolute atomic E-state index is 0.174. The zero-order valence-corrected chi connectivity index (χ0v) is 14.4. The van der Waals surface area contributed by atoms with Crippen LogP contribution in [0.5, 0.6) is 0 Å². The molecule has 0 bridgehead atoms. The summed E-state index contributed by atoms with van der Waals surface area (Å²) in [6, 6.07) is 0.0715. The molecule has 0 amide bonds. The Morgan fingerprint density at radius 2 is 2.05 bits per heavy atom. The van der Waals surface area contributed by atoms with E-state index in [1.165, 1.54) is 11.5 Å². The van der Waals surface area contributed by atoms with Crippen LogP contribution in [0.3, 0.4) is 0 Å². The van der Waals surface area contributed by atoms with Crippen molar-refractivity contribution in [2.45, 2.75) is 45.7 Å². The van der Waals surface area contributed by atoms with Crippen molar-refractivity contribution < 1.29 is 0 Å². The summed E-state index contributed by atoms with van der Waals surface area (Å²) in [6.07, 6.45) is 1.79. The number of hydrogen-bond acceptors (Lipinski definition) is 6. The van der Waals surface area contributed by atoms with Crippen LogP contribution in [0.1, 0.15) is 62.0 Å². The summed E-state index contributed by atoms with van der Waals surface area (Å²) in [5.74, 6) is 6.10. The Bertz CT molecular complexity index is 576. The van der Waals surface area contributed by atoms with Gasteiger partial charge in [0.05, 0.1) is 26.9 Å². The number of rotatable bonds is 5. The normalized spacial score (nSPS) is 13.4. The molecule has 0 aliphatic carbocycles. The first-order chi connectivity index (χ1) is 9.47. The van der Waals surface area contributed by atoms with Crippen LogP contribution in [0, 0.1) is 0 Å². The molecule has 1 atom stereocenters. The lowest BCUT2D eigenvalue weighted by atomic mass is 10.0.